The van der Waals surface area contributed by atoms with Crippen molar-refractivity contribution in [2.75, 3.05) is 32.8 Å². The van der Waals surface area contributed by atoms with Crippen LogP contribution in [0.3, 0.4) is 0 Å². The minimum atomic E-state index is -0.328. The van der Waals surface area contributed by atoms with Crippen molar-refractivity contribution in [1.29, 1.82) is 0 Å². The van der Waals surface area contributed by atoms with Gasteiger partial charge in [0.05, 0.1) is 19.1 Å². The summed E-state index contributed by atoms with van der Waals surface area (Å²) in [7, 11) is 0. The third-order valence-electron chi connectivity index (χ3n) is 5.90. The second-order valence-electron chi connectivity index (χ2n) is 8.46. The average Bonchev–Trinajstić information content (AvgIpc) is 2.81. The van der Waals surface area contributed by atoms with Crippen LogP contribution in [0.4, 0.5) is 4.39 Å². The van der Waals surface area contributed by atoms with Crippen molar-refractivity contribution < 1.29 is 19.0 Å². The van der Waals surface area contributed by atoms with Crippen LogP contribution in [0, 0.1) is 17.7 Å². The van der Waals surface area contributed by atoms with Crippen LogP contribution in [0.5, 0.6) is 5.75 Å². The minimum absolute atomic E-state index is 0.0435. The third-order valence-corrected chi connectivity index (χ3v) is 5.90. The molecule has 2 atom stereocenters. The predicted molar refractivity (Wildman–Crippen MR) is 123 cm³/mol. The number of hydrogen-bond donors (Lipinski definition) is 2. The van der Waals surface area contributed by atoms with E-state index in [1.54, 1.807) is 12.1 Å². The van der Waals surface area contributed by atoms with Crippen LogP contribution in [0.1, 0.15) is 12.0 Å². The average molecular weight is 437 g/mol. The van der Waals surface area contributed by atoms with Gasteiger partial charge >= 0.3 is 0 Å². The van der Waals surface area contributed by atoms with E-state index in [0.29, 0.717) is 25.3 Å². The Morgan fingerprint density at radius 2 is 1.91 bits per heavy atom. The van der Waals surface area contributed by atoms with Crippen molar-refractivity contribution >= 4 is 16.7 Å². The summed E-state index contributed by atoms with van der Waals surface area (Å²) in [5, 5.41) is 14.3. The molecule has 0 bridgehead atoms. The molecule has 6 heteroatoms. The summed E-state index contributed by atoms with van der Waals surface area (Å²) in [6.07, 6.45) is 0.695. The highest BCUT2D eigenvalue weighted by atomic mass is 19.1. The van der Waals surface area contributed by atoms with Gasteiger partial charge < -0.3 is 15.2 Å². The fourth-order valence-corrected chi connectivity index (χ4v) is 4.43. The van der Waals surface area contributed by atoms with Gasteiger partial charge in [0.2, 0.25) is 5.91 Å². The Morgan fingerprint density at radius 1 is 1.06 bits per heavy atom. The zero-order valence-corrected chi connectivity index (χ0v) is 18.0. The topological polar surface area (TPSA) is 61.8 Å². The number of fused-ring (bicyclic) bond motifs is 1. The summed E-state index contributed by atoms with van der Waals surface area (Å²) in [6.45, 7) is 2.79. The van der Waals surface area contributed by atoms with Gasteiger partial charge in [0, 0.05) is 38.2 Å². The maximum Gasteiger partial charge on any atom is 0.224 e. The normalized spacial score (nSPS) is 19.1. The van der Waals surface area contributed by atoms with E-state index in [1.807, 2.05) is 12.1 Å². The molecule has 32 heavy (non-hydrogen) atoms. The fraction of sp³-hybridized carbons (Fsp3) is 0.346. The summed E-state index contributed by atoms with van der Waals surface area (Å²) < 4.78 is 19.3. The lowest BCUT2D eigenvalue weighted by Crippen LogP contribution is -2.47. The van der Waals surface area contributed by atoms with Crippen LogP contribution in [-0.2, 0) is 11.3 Å². The van der Waals surface area contributed by atoms with Gasteiger partial charge in [0.25, 0.3) is 0 Å². The summed E-state index contributed by atoms with van der Waals surface area (Å²) in [5.41, 5.74) is 1.20. The first-order valence-electron chi connectivity index (χ1n) is 11.1. The quantitative estimate of drug-likeness (QED) is 0.566. The number of rotatable bonds is 8. The number of amides is 1. The highest BCUT2D eigenvalue weighted by Gasteiger charge is 2.32. The molecule has 0 radical (unpaired) electrons. The van der Waals surface area contributed by atoms with Gasteiger partial charge in [-0.2, -0.15) is 0 Å². The monoisotopic (exact) mass is 436 g/mol. The molecule has 1 fully saturated rings. The highest BCUT2D eigenvalue weighted by Crippen LogP contribution is 2.26. The van der Waals surface area contributed by atoms with E-state index in [-0.39, 0.29) is 36.7 Å². The molecule has 0 unspecified atom stereocenters. The lowest BCUT2D eigenvalue weighted by molar-refractivity contribution is -0.128. The van der Waals surface area contributed by atoms with Gasteiger partial charge in [0.1, 0.15) is 11.6 Å². The van der Waals surface area contributed by atoms with E-state index in [2.05, 4.69) is 40.5 Å². The molecule has 4 rings (SSSR count). The highest BCUT2D eigenvalue weighted by molar-refractivity contribution is 5.83. The Morgan fingerprint density at radius 3 is 2.72 bits per heavy atom. The molecule has 1 aliphatic rings. The molecule has 1 amide bonds. The third kappa shape index (κ3) is 5.84. The summed E-state index contributed by atoms with van der Waals surface area (Å²) in [6, 6.07) is 20.9. The van der Waals surface area contributed by atoms with E-state index in [0.717, 1.165) is 13.1 Å². The molecule has 0 saturated carbocycles. The van der Waals surface area contributed by atoms with Crippen molar-refractivity contribution in [3.05, 3.63) is 78.1 Å². The van der Waals surface area contributed by atoms with Gasteiger partial charge in [-0.25, -0.2) is 4.39 Å². The van der Waals surface area contributed by atoms with Crippen LogP contribution in [-0.4, -0.2) is 48.8 Å². The van der Waals surface area contributed by atoms with Crippen LogP contribution < -0.4 is 10.1 Å². The minimum Gasteiger partial charge on any atom is -0.493 e. The largest absolute Gasteiger partial charge is 0.493 e. The smallest absolute Gasteiger partial charge is 0.224 e. The van der Waals surface area contributed by atoms with Crippen LogP contribution >= 0.6 is 0 Å². The van der Waals surface area contributed by atoms with Gasteiger partial charge in [-0.15, -0.1) is 0 Å². The SMILES string of the molecule is O=C(NCCO)[C@@H]1C[C@H](COc2cccc(F)c2)CN(Cc2ccc3ccccc3c2)C1. The van der Waals surface area contributed by atoms with Gasteiger partial charge in [-0.05, 0) is 41.0 Å². The van der Waals surface area contributed by atoms with Crippen LogP contribution in [0.25, 0.3) is 10.8 Å². The molecule has 0 aromatic heterocycles. The molecule has 2 N–H and O–H groups in total. The van der Waals surface area contributed by atoms with Gasteiger partial charge in [-0.1, -0.05) is 42.5 Å². The molecule has 5 nitrogen and oxygen atoms in total. The summed E-state index contributed by atoms with van der Waals surface area (Å²) in [5.74, 6) is 0.0792. The van der Waals surface area contributed by atoms with E-state index in [4.69, 9.17) is 9.84 Å². The molecular weight excluding hydrogens is 407 g/mol. The second kappa shape index (κ2) is 10.6. The number of aliphatic hydroxyl groups is 1. The van der Waals surface area contributed by atoms with Gasteiger partial charge in [-0.3, -0.25) is 9.69 Å². The van der Waals surface area contributed by atoms with E-state index < -0.39 is 0 Å². The van der Waals surface area contributed by atoms with Crippen molar-refractivity contribution in [3.63, 3.8) is 0 Å². The predicted octanol–water partition coefficient (Wildman–Crippen LogP) is 3.60. The second-order valence-corrected chi connectivity index (χ2v) is 8.46. The maximum absolute atomic E-state index is 13.5. The lowest BCUT2D eigenvalue weighted by Gasteiger charge is -2.37. The van der Waals surface area contributed by atoms with E-state index in [9.17, 15) is 9.18 Å². The number of nitrogens with zero attached hydrogens (tertiary/aromatic N) is 1. The first-order valence-corrected chi connectivity index (χ1v) is 11.1. The molecular formula is C26H29FN2O3. The Bertz CT molecular complexity index is 1060. The molecule has 1 saturated heterocycles. The number of nitrogens with one attached hydrogen (secondary N) is 1. The summed E-state index contributed by atoms with van der Waals surface area (Å²) >= 11 is 0. The number of carbonyl (C=O) groups is 1. The molecule has 3 aromatic rings. The number of benzene rings is 3. The number of likely N-dealkylation sites (tertiary alicyclic amines) is 1. The van der Waals surface area contributed by atoms with Gasteiger partial charge in [0.15, 0.2) is 0 Å². The van der Waals surface area contributed by atoms with Crippen LogP contribution in [0.2, 0.25) is 0 Å². The molecule has 1 heterocycles. The lowest BCUT2D eigenvalue weighted by atomic mass is 9.88. The summed E-state index contributed by atoms with van der Waals surface area (Å²) in [4.78, 5) is 14.9. The Kier molecular flexibility index (Phi) is 7.35. The fourth-order valence-electron chi connectivity index (χ4n) is 4.43. The molecule has 0 aliphatic carbocycles. The first kappa shape index (κ1) is 22.2. The molecule has 0 spiro atoms. The van der Waals surface area contributed by atoms with E-state index >= 15 is 0 Å². The van der Waals surface area contributed by atoms with Crippen molar-refractivity contribution in [1.82, 2.24) is 10.2 Å². The molecule has 3 aromatic carbocycles. The zero-order chi connectivity index (χ0) is 22.3. The maximum atomic E-state index is 13.5. The standard InChI is InChI=1S/C26H29FN2O3/c27-24-6-3-7-25(14-24)32-18-20-13-23(26(31)28-10-11-30)17-29(16-20)15-19-8-9-21-4-1-2-5-22(21)12-19/h1-9,12,14,20,23,30H,10-11,13,15-18H2,(H,28,31)/t20-,23+/m0/s1. The Labute approximate surface area is 187 Å². The number of aliphatic hydroxyl groups excluding tert-OH is 1. The Hall–Kier alpha value is -2.96. The number of piperidine rings is 1. The van der Waals surface area contributed by atoms with E-state index in [1.165, 1.54) is 28.5 Å². The zero-order valence-electron chi connectivity index (χ0n) is 18.0. The van der Waals surface area contributed by atoms with Crippen molar-refractivity contribution in [2.45, 2.75) is 13.0 Å². The Balaban J connectivity index is 1.45. The molecule has 1 aliphatic heterocycles. The van der Waals surface area contributed by atoms with Crippen LogP contribution in [0.15, 0.2) is 66.7 Å². The molecule has 168 valence electrons. The van der Waals surface area contributed by atoms with Crippen molar-refractivity contribution in [3.8, 4) is 5.75 Å². The first-order chi connectivity index (χ1) is 15.6. The number of carbonyl (C=O) groups excluding carboxylic acids is 1. The number of hydrogen-bond acceptors (Lipinski definition) is 4. The number of halogens is 1. The number of ether oxygens (including phenoxy) is 1. The van der Waals surface area contributed by atoms with Crippen molar-refractivity contribution in [2.24, 2.45) is 11.8 Å².